The van der Waals surface area contributed by atoms with Crippen molar-refractivity contribution in [3.8, 4) is 23.0 Å². The van der Waals surface area contributed by atoms with E-state index in [2.05, 4.69) is 5.32 Å². The number of barbiturate groups is 1. The quantitative estimate of drug-likeness (QED) is 0.574. The summed E-state index contributed by atoms with van der Waals surface area (Å²) in [5.41, 5.74) is 0.481. The number of amides is 4. The Morgan fingerprint density at radius 1 is 0.867 bits per heavy atom. The fourth-order valence-electron chi connectivity index (χ4n) is 2.99. The van der Waals surface area contributed by atoms with Gasteiger partial charge in [-0.2, -0.15) is 0 Å². The Kier molecular flexibility index (Phi) is 5.91. The molecule has 0 aromatic heterocycles. The minimum absolute atomic E-state index is 0.230. The number of carbonyl (C=O) groups excluding carboxylic acids is 3. The Balaban J connectivity index is 2.06. The van der Waals surface area contributed by atoms with E-state index in [1.165, 1.54) is 40.6 Å². The second-order valence-corrected chi connectivity index (χ2v) is 6.12. The molecule has 2 aromatic rings. The lowest BCUT2D eigenvalue weighted by Gasteiger charge is -2.26. The Labute approximate surface area is 172 Å². The lowest BCUT2D eigenvalue weighted by molar-refractivity contribution is -0.122. The van der Waals surface area contributed by atoms with E-state index >= 15 is 0 Å². The van der Waals surface area contributed by atoms with Gasteiger partial charge in [0.15, 0.2) is 11.5 Å². The Morgan fingerprint density at radius 2 is 1.53 bits per heavy atom. The molecule has 1 fully saturated rings. The average molecular weight is 412 g/mol. The number of hydrogen-bond acceptors (Lipinski definition) is 7. The summed E-state index contributed by atoms with van der Waals surface area (Å²) in [5.74, 6) is -0.0419. The number of nitrogens with zero attached hydrogens (tertiary/aromatic N) is 1. The minimum atomic E-state index is -0.847. The van der Waals surface area contributed by atoms with Crippen LogP contribution in [0.2, 0.25) is 0 Å². The van der Waals surface area contributed by atoms with E-state index in [0.29, 0.717) is 28.6 Å². The molecule has 0 aliphatic carbocycles. The van der Waals surface area contributed by atoms with Gasteiger partial charge in [-0.25, -0.2) is 9.69 Å². The van der Waals surface area contributed by atoms with Crippen molar-refractivity contribution in [1.82, 2.24) is 5.32 Å². The molecule has 0 spiro atoms. The fourth-order valence-corrected chi connectivity index (χ4v) is 2.99. The number of rotatable bonds is 6. The third-order valence-electron chi connectivity index (χ3n) is 4.41. The Hall–Kier alpha value is -4.01. The summed E-state index contributed by atoms with van der Waals surface area (Å²) in [6, 6.07) is 8.71. The van der Waals surface area contributed by atoms with E-state index in [0.717, 1.165) is 4.90 Å². The third-order valence-corrected chi connectivity index (χ3v) is 4.41. The molecule has 9 heteroatoms. The molecule has 0 saturated carbocycles. The number of benzene rings is 2. The SMILES string of the molecule is COc1cccc(N2C(=O)NC(=O)/C(=C/c3cc(OC)c(OC)c(OC)c3)C2=O)c1. The van der Waals surface area contributed by atoms with Crippen molar-refractivity contribution in [3.63, 3.8) is 0 Å². The summed E-state index contributed by atoms with van der Waals surface area (Å²) in [4.78, 5) is 38.6. The molecule has 30 heavy (non-hydrogen) atoms. The van der Waals surface area contributed by atoms with E-state index < -0.39 is 17.8 Å². The largest absolute Gasteiger partial charge is 0.497 e. The van der Waals surface area contributed by atoms with Crippen LogP contribution in [0, 0.1) is 0 Å². The summed E-state index contributed by atoms with van der Waals surface area (Å²) < 4.78 is 21.0. The van der Waals surface area contributed by atoms with Gasteiger partial charge < -0.3 is 18.9 Å². The van der Waals surface area contributed by atoms with Crippen molar-refractivity contribution in [3.05, 3.63) is 47.5 Å². The minimum Gasteiger partial charge on any atom is -0.497 e. The van der Waals surface area contributed by atoms with Gasteiger partial charge in [-0.1, -0.05) is 6.07 Å². The number of imide groups is 2. The van der Waals surface area contributed by atoms with Gasteiger partial charge in [-0.15, -0.1) is 0 Å². The molecule has 2 aromatic carbocycles. The van der Waals surface area contributed by atoms with Crippen molar-refractivity contribution < 1.29 is 33.3 Å². The van der Waals surface area contributed by atoms with E-state index in [4.69, 9.17) is 18.9 Å². The van der Waals surface area contributed by atoms with E-state index in [-0.39, 0.29) is 11.3 Å². The molecule has 0 radical (unpaired) electrons. The molecule has 0 atom stereocenters. The van der Waals surface area contributed by atoms with Gasteiger partial charge in [-0.05, 0) is 35.9 Å². The van der Waals surface area contributed by atoms with Crippen LogP contribution in [-0.4, -0.2) is 46.3 Å². The number of urea groups is 1. The maximum absolute atomic E-state index is 13.0. The first kappa shape index (κ1) is 20.7. The zero-order valence-electron chi connectivity index (χ0n) is 16.8. The molecular weight excluding hydrogens is 392 g/mol. The van der Waals surface area contributed by atoms with Crippen LogP contribution in [0.5, 0.6) is 23.0 Å². The molecule has 1 N–H and O–H groups in total. The number of methoxy groups -OCH3 is 4. The predicted molar refractivity (Wildman–Crippen MR) is 108 cm³/mol. The number of carbonyl (C=O) groups is 3. The first-order valence-electron chi connectivity index (χ1n) is 8.79. The normalized spacial score (nSPS) is 15.1. The monoisotopic (exact) mass is 412 g/mol. The molecule has 156 valence electrons. The van der Waals surface area contributed by atoms with Crippen molar-refractivity contribution in [2.75, 3.05) is 33.3 Å². The van der Waals surface area contributed by atoms with Crippen molar-refractivity contribution in [2.24, 2.45) is 0 Å². The summed E-state index contributed by atoms with van der Waals surface area (Å²) in [6.45, 7) is 0. The number of anilines is 1. The van der Waals surface area contributed by atoms with Gasteiger partial charge in [0, 0.05) is 6.07 Å². The van der Waals surface area contributed by atoms with Crippen LogP contribution in [0.4, 0.5) is 10.5 Å². The standard InChI is InChI=1S/C21H20N2O7/c1-27-14-7-5-6-13(11-14)23-20(25)15(19(24)22-21(23)26)8-12-9-16(28-2)18(30-4)17(10-12)29-3/h5-11H,1-4H3,(H,22,24,26)/b15-8-. The molecule has 9 nitrogen and oxygen atoms in total. The van der Waals surface area contributed by atoms with Gasteiger partial charge in [0.1, 0.15) is 11.3 Å². The molecule has 1 saturated heterocycles. The first-order chi connectivity index (χ1) is 14.4. The van der Waals surface area contributed by atoms with Crippen LogP contribution in [0.25, 0.3) is 6.08 Å². The average Bonchev–Trinajstić information content (AvgIpc) is 2.75. The summed E-state index contributed by atoms with van der Waals surface area (Å²) in [5, 5.41) is 2.18. The maximum atomic E-state index is 13.0. The highest BCUT2D eigenvalue weighted by Crippen LogP contribution is 2.39. The highest BCUT2D eigenvalue weighted by atomic mass is 16.5. The maximum Gasteiger partial charge on any atom is 0.335 e. The second kappa shape index (κ2) is 8.56. The van der Waals surface area contributed by atoms with Crippen LogP contribution in [0.3, 0.4) is 0 Å². The smallest absolute Gasteiger partial charge is 0.335 e. The van der Waals surface area contributed by atoms with E-state index in [1.807, 2.05) is 0 Å². The summed E-state index contributed by atoms with van der Waals surface area (Å²) in [6.07, 6.45) is 1.35. The summed E-state index contributed by atoms with van der Waals surface area (Å²) in [7, 11) is 5.84. The van der Waals surface area contributed by atoms with Crippen molar-refractivity contribution in [1.29, 1.82) is 0 Å². The molecule has 0 bridgehead atoms. The van der Waals surface area contributed by atoms with Crippen molar-refractivity contribution in [2.45, 2.75) is 0 Å². The lowest BCUT2D eigenvalue weighted by Crippen LogP contribution is -2.54. The molecule has 0 unspecified atom stereocenters. The van der Waals surface area contributed by atoms with E-state index in [9.17, 15) is 14.4 Å². The first-order valence-corrected chi connectivity index (χ1v) is 8.79. The zero-order valence-corrected chi connectivity index (χ0v) is 16.8. The number of ether oxygens (including phenoxy) is 4. The van der Waals surface area contributed by atoms with Gasteiger partial charge in [0.05, 0.1) is 34.1 Å². The fraction of sp³-hybridized carbons (Fsp3) is 0.190. The molecule has 4 amide bonds. The second-order valence-electron chi connectivity index (χ2n) is 6.12. The zero-order chi connectivity index (χ0) is 21.8. The third kappa shape index (κ3) is 3.77. The highest BCUT2D eigenvalue weighted by Gasteiger charge is 2.37. The molecular formula is C21H20N2O7. The van der Waals surface area contributed by atoms with Crippen LogP contribution < -0.4 is 29.2 Å². The van der Waals surface area contributed by atoms with E-state index in [1.54, 1.807) is 30.3 Å². The summed E-state index contributed by atoms with van der Waals surface area (Å²) >= 11 is 0. The van der Waals surface area contributed by atoms with Crippen LogP contribution in [0.15, 0.2) is 42.0 Å². The number of nitrogens with one attached hydrogen (secondary N) is 1. The van der Waals surface area contributed by atoms with Gasteiger partial charge in [0.25, 0.3) is 11.8 Å². The Morgan fingerprint density at radius 3 is 2.10 bits per heavy atom. The molecule has 1 aliphatic heterocycles. The topological polar surface area (TPSA) is 103 Å². The lowest BCUT2D eigenvalue weighted by atomic mass is 10.1. The van der Waals surface area contributed by atoms with Gasteiger partial charge in [-0.3, -0.25) is 14.9 Å². The van der Waals surface area contributed by atoms with Gasteiger partial charge in [0.2, 0.25) is 5.75 Å². The molecule has 3 rings (SSSR count). The van der Waals surface area contributed by atoms with Crippen LogP contribution in [0.1, 0.15) is 5.56 Å². The van der Waals surface area contributed by atoms with Crippen LogP contribution in [-0.2, 0) is 9.59 Å². The predicted octanol–water partition coefficient (Wildman–Crippen LogP) is 2.39. The van der Waals surface area contributed by atoms with Crippen molar-refractivity contribution >= 4 is 29.6 Å². The molecule has 1 heterocycles. The molecule has 1 aliphatic rings. The number of hydrogen-bond donors (Lipinski definition) is 1. The highest BCUT2D eigenvalue weighted by molar-refractivity contribution is 6.39. The van der Waals surface area contributed by atoms with Crippen LogP contribution >= 0.6 is 0 Å². The Bertz CT molecular complexity index is 1020. The van der Waals surface area contributed by atoms with Gasteiger partial charge >= 0.3 is 6.03 Å².